The quantitative estimate of drug-likeness (QED) is 0.345. The predicted molar refractivity (Wildman–Crippen MR) is 120 cm³/mol. The van der Waals surface area contributed by atoms with Crippen molar-refractivity contribution in [2.75, 3.05) is 7.11 Å². The molecular formula is C25H19BrO5. The predicted octanol–water partition coefficient (Wildman–Crippen LogP) is 5.74. The van der Waals surface area contributed by atoms with Crippen LogP contribution in [0.1, 0.15) is 37.4 Å². The van der Waals surface area contributed by atoms with Crippen molar-refractivity contribution >= 4 is 33.8 Å². The zero-order valence-electron chi connectivity index (χ0n) is 17.0. The Bertz CT molecular complexity index is 1200. The van der Waals surface area contributed by atoms with E-state index in [1.807, 2.05) is 49.4 Å². The summed E-state index contributed by atoms with van der Waals surface area (Å²) < 4.78 is 17.4. The maximum Gasteiger partial charge on any atom is 0.337 e. The van der Waals surface area contributed by atoms with Gasteiger partial charge in [-0.15, -0.1) is 0 Å². The highest BCUT2D eigenvalue weighted by molar-refractivity contribution is 9.10. The van der Waals surface area contributed by atoms with E-state index in [4.69, 9.17) is 14.2 Å². The number of carbonyl (C=O) groups is 2. The van der Waals surface area contributed by atoms with Gasteiger partial charge in [0.2, 0.25) is 5.78 Å². The fourth-order valence-electron chi connectivity index (χ4n) is 3.33. The number of rotatable bonds is 5. The maximum atomic E-state index is 12.8. The van der Waals surface area contributed by atoms with Crippen LogP contribution in [0, 0.1) is 6.92 Å². The molecule has 156 valence electrons. The Kier molecular flexibility index (Phi) is 5.91. The highest BCUT2D eigenvalue weighted by Gasteiger charge is 2.30. The maximum absolute atomic E-state index is 12.8. The number of ketones is 1. The second-order valence-electron chi connectivity index (χ2n) is 7.09. The molecule has 3 aromatic carbocycles. The van der Waals surface area contributed by atoms with Crippen LogP contribution in [0.25, 0.3) is 6.08 Å². The van der Waals surface area contributed by atoms with Crippen molar-refractivity contribution in [2.45, 2.75) is 13.5 Å². The molecular weight excluding hydrogens is 460 g/mol. The Hall–Kier alpha value is -3.38. The highest BCUT2D eigenvalue weighted by atomic mass is 79.9. The van der Waals surface area contributed by atoms with Gasteiger partial charge in [-0.1, -0.05) is 40.2 Å². The number of halogens is 1. The first-order valence-electron chi connectivity index (χ1n) is 9.59. The lowest BCUT2D eigenvalue weighted by molar-refractivity contribution is 0.0600. The highest BCUT2D eigenvalue weighted by Crippen LogP contribution is 2.37. The summed E-state index contributed by atoms with van der Waals surface area (Å²) >= 11 is 3.43. The number of ether oxygens (including phenoxy) is 3. The van der Waals surface area contributed by atoms with Gasteiger partial charge in [-0.3, -0.25) is 4.79 Å². The molecule has 0 bridgehead atoms. The third-order valence-electron chi connectivity index (χ3n) is 4.87. The van der Waals surface area contributed by atoms with E-state index in [9.17, 15) is 9.59 Å². The number of benzene rings is 3. The van der Waals surface area contributed by atoms with Crippen LogP contribution in [0.3, 0.4) is 0 Å². The average molecular weight is 479 g/mol. The molecule has 5 nitrogen and oxygen atoms in total. The Morgan fingerprint density at radius 1 is 1.10 bits per heavy atom. The van der Waals surface area contributed by atoms with E-state index in [0.717, 1.165) is 21.2 Å². The summed E-state index contributed by atoms with van der Waals surface area (Å²) in [6, 6.07) is 18.2. The SMILES string of the molecule is COC(=O)c1ccc(COc2cc(C)c3c(c2)O/C(=C\c2cccc(Br)c2)C3=O)cc1. The summed E-state index contributed by atoms with van der Waals surface area (Å²) in [5.41, 5.74) is 3.59. The summed E-state index contributed by atoms with van der Waals surface area (Å²) in [6.45, 7) is 2.18. The molecule has 31 heavy (non-hydrogen) atoms. The first kappa shape index (κ1) is 20.9. The van der Waals surface area contributed by atoms with Crippen LogP contribution in [0.15, 0.2) is 70.9 Å². The van der Waals surface area contributed by atoms with E-state index in [1.54, 1.807) is 24.3 Å². The van der Waals surface area contributed by atoms with Gasteiger partial charge in [0.05, 0.1) is 18.2 Å². The number of Topliss-reactive ketones (excluding diaryl/α,β-unsaturated/α-hetero) is 1. The van der Waals surface area contributed by atoms with Gasteiger partial charge in [0.15, 0.2) is 5.76 Å². The normalized spacial score (nSPS) is 13.6. The number of methoxy groups -OCH3 is 1. The number of esters is 1. The van der Waals surface area contributed by atoms with E-state index in [-0.39, 0.29) is 17.5 Å². The fraction of sp³-hybridized carbons (Fsp3) is 0.120. The van der Waals surface area contributed by atoms with Crippen molar-refractivity contribution in [3.05, 3.63) is 98.7 Å². The van der Waals surface area contributed by atoms with Gasteiger partial charge in [0, 0.05) is 10.5 Å². The summed E-state index contributed by atoms with van der Waals surface area (Å²) in [6.07, 6.45) is 1.73. The molecule has 1 aliphatic rings. The van der Waals surface area contributed by atoms with Gasteiger partial charge in [0.1, 0.15) is 18.1 Å². The Balaban J connectivity index is 1.51. The van der Waals surface area contributed by atoms with Crippen LogP contribution in [0.2, 0.25) is 0 Å². The largest absolute Gasteiger partial charge is 0.489 e. The molecule has 0 N–H and O–H groups in total. The number of allylic oxidation sites excluding steroid dienone is 1. The number of hydrogen-bond donors (Lipinski definition) is 0. The van der Waals surface area contributed by atoms with Crippen molar-refractivity contribution in [3.63, 3.8) is 0 Å². The molecule has 1 heterocycles. The number of carbonyl (C=O) groups excluding carboxylic acids is 2. The minimum Gasteiger partial charge on any atom is -0.489 e. The summed E-state index contributed by atoms with van der Waals surface area (Å²) in [5, 5.41) is 0. The number of fused-ring (bicyclic) bond motifs is 1. The van der Waals surface area contributed by atoms with Gasteiger partial charge in [-0.05, 0) is 60.0 Å². The fourth-order valence-corrected chi connectivity index (χ4v) is 3.75. The Labute approximate surface area is 188 Å². The second kappa shape index (κ2) is 8.78. The van der Waals surface area contributed by atoms with Gasteiger partial charge in [-0.2, -0.15) is 0 Å². The molecule has 0 saturated heterocycles. The van der Waals surface area contributed by atoms with Crippen LogP contribution >= 0.6 is 15.9 Å². The lowest BCUT2D eigenvalue weighted by Gasteiger charge is -2.09. The summed E-state index contributed by atoms with van der Waals surface area (Å²) in [5.74, 6) is 0.853. The minimum atomic E-state index is -0.379. The molecule has 0 fully saturated rings. The molecule has 0 radical (unpaired) electrons. The van der Waals surface area contributed by atoms with Gasteiger partial charge in [-0.25, -0.2) is 4.79 Å². The van der Waals surface area contributed by atoms with Crippen LogP contribution in [-0.4, -0.2) is 18.9 Å². The topological polar surface area (TPSA) is 61.8 Å². The third-order valence-corrected chi connectivity index (χ3v) is 5.36. The van der Waals surface area contributed by atoms with Crippen LogP contribution < -0.4 is 9.47 Å². The minimum absolute atomic E-state index is 0.141. The monoisotopic (exact) mass is 478 g/mol. The van der Waals surface area contributed by atoms with E-state index in [0.29, 0.717) is 29.2 Å². The molecule has 0 aliphatic carbocycles. The number of hydrogen-bond acceptors (Lipinski definition) is 5. The molecule has 0 saturated carbocycles. The first-order chi connectivity index (χ1) is 14.9. The molecule has 3 aromatic rings. The average Bonchev–Trinajstić information content (AvgIpc) is 3.07. The summed E-state index contributed by atoms with van der Waals surface area (Å²) in [7, 11) is 1.35. The van der Waals surface area contributed by atoms with E-state index >= 15 is 0 Å². The third kappa shape index (κ3) is 4.54. The van der Waals surface area contributed by atoms with Crippen molar-refractivity contribution in [1.82, 2.24) is 0 Å². The zero-order valence-corrected chi connectivity index (χ0v) is 18.6. The molecule has 0 aromatic heterocycles. The standard InChI is InChI=1S/C25H19BrO5/c1-15-10-20(30-14-16-6-8-18(9-7-16)25(28)29-2)13-21-23(15)24(27)22(31-21)12-17-4-3-5-19(26)11-17/h3-13H,14H2,1-2H3/b22-12-. The van der Waals surface area contributed by atoms with Crippen molar-refractivity contribution in [1.29, 1.82) is 0 Å². The van der Waals surface area contributed by atoms with Crippen molar-refractivity contribution in [3.8, 4) is 11.5 Å². The summed E-state index contributed by atoms with van der Waals surface area (Å²) in [4.78, 5) is 24.4. The Morgan fingerprint density at radius 3 is 2.58 bits per heavy atom. The molecule has 0 amide bonds. The smallest absolute Gasteiger partial charge is 0.337 e. The molecule has 0 spiro atoms. The van der Waals surface area contributed by atoms with Crippen LogP contribution in [0.5, 0.6) is 11.5 Å². The number of aryl methyl sites for hydroxylation is 1. The van der Waals surface area contributed by atoms with Gasteiger partial charge < -0.3 is 14.2 Å². The van der Waals surface area contributed by atoms with Crippen LogP contribution in [-0.2, 0) is 11.3 Å². The molecule has 6 heteroatoms. The second-order valence-corrected chi connectivity index (χ2v) is 8.00. The molecule has 0 unspecified atom stereocenters. The lowest BCUT2D eigenvalue weighted by Crippen LogP contribution is -2.02. The lowest BCUT2D eigenvalue weighted by atomic mass is 10.0. The Morgan fingerprint density at radius 2 is 1.87 bits per heavy atom. The first-order valence-corrected chi connectivity index (χ1v) is 10.4. The van der Waals surface area contributed by atoms with E-state index < -0.39 is 0 Å². The molecule has 0 atom stereocenters. The van der Waals surface area contributed by atoms with Gasteiger partial charge >= 0.3 is 5.97 Å². The van der Waals surface area contributed by atoms with Crippen LogP contribution in [0.4, 0.5) is 0 Å². The van der Waals surface area contributed by atoms with Gasteiger partial charge in [0.25, 0.3) is 0 Å². The molecule has 1 aliphatic heterocycles. The van der Waals surface area contributed by atoms with E-state index in [1.165, 1.54) is 7.11 Å². The van der Waals surface area contributed by atoms with Crippen molar-refractivity contribution in [2.24, 2.45) is 0 Å². The van der Waals surface area contributed by atoms with Crippen molar-refractivity contribution < 1.29 is 23.8 Å². The van der Waals surface area contributed by atoms with E-state index in [2.05, 4.69) is 15.9 Å². The molecule has 4 rings (SSSR count). The zero-order chi connectivity index (χ0) is 22.0.